The van der Waals surface area contributed by atoms with Gasteiger partial charge in [0.25, 0.3) is 11.8 Å². The van der Waals surface area contributed by atoms with Crippen molar-refractivity contribution in [2.75, 3.05) is 19.0 Å². The third-order valence-electron chi connectivity index (χ3n) is 3.48. The number of para-hydroxylation sites is 2. The quantitative estimate of drug-likeness (QED) is 0.632. The maximum absolute atomic E-state index is 12.1. The van der Waals surface area contributed by atoms with Crippen LogP contribution in [0.15, 0.2) is 35.7 Å². The van der Waals surface area contributed by atoms with Gasteiger partial charge in [-0.25, -0.2) is 0 Å². The van der Waals surface area contributed by atoms with Crippen molar-refractivity contribution < 1.29 is 28.6 Å². The molecule has 1 heterocycles. The van der Waals surface area contributed by atoms with Crippen LogP contribution in [0.25, 0.3) is 0 Å². The lowest BCUT2D eigenvalue weighted by Crippen LogP contribution is -2.30. The Hall–Kier alpha value is -3.07. The highest BCUT2D eigenvalue weighted by Crippen LogP contribution is 2.26. The van der Waals surface area contributed by atoms with Crippen molar-refractivity contribution in [2.45, 2.75) is 19.4 Å². The molecule has 1 aromatic heterocycles. The molecule has 144 valence electrons. The summed E-state index contributed by atoms with van der Waals surface area (Å²) in [6.45, 7) is 1.51. The van der Waals surface area contributed by atoms with Crippen LogP contribution in [0.5, 0.6) is 11.5 Å². The van der Waals surface area contributed by atoms with E-state index in [0.29, 0.717) is 16.5 Å². The Bertz CT molecular complexity index is 820. The second-order valence-corrected chi connectivity index (χ2v) is 6.31. The minimum absolute atomic E-state index is 0.0405. The predicted molar refractivity (Wildman–Crippen MR) is 100 cm³/mol. The number of anilines is 1. The van der Waals surface area contributed by atoms with E-state index in [0.717, 1.165) is 11.3 Å². The number of primary amides is 1. The van der Waals surface area contributed by atoms with Gasteiger partial charge in [-0.3, -0.25) is 14.4 Å². The average Bonchev–Trinajstić information content (AvgIpc) is 3.10. The van der Waals surface area contributed by atoms with Crippen molar-refractivity contribution in [3.05, 3.63) is 41.3 Å². The molecule has 27 heavy (non-hydrogen) atoms. The van der Waals surface area contributed by atoms with E-state index >= 15 is 0 Å². The Kier molecular flexibility index (Phi) is 7.18. The highest BCUT2D eigenvalue weighted by atomic mass is 32.1. The van der Waals surface area contributed by atoms with Gasteiger partial charge in [0.2, 0.25) is 0 Å². The highest BCUT2D eigenvalue weighted by molar-refractivity contribution is 7.14. The van der Waals surface area contributed by atoms with Crippen LogP contribution in [-0.4, -0.2) is 37.6 Å². The maximum Gasteiger partial charge on any atom is 0.310 e. The lowest BCUT2D eigenvalue weighted by atomic mass is 10.3. The third-order valence-corrected chi connectivity index (χ3v) is 4.31. The predicted octanol–water partition coefficient (Wildman–Crippen LogP) is 2.19. The van der Waals surface area contributed by atoms with E-state index in [9.17, 15) is 14.4 Å². The molecule has 1 aromatic carbocycles. The highest BCUT2D eigenvalue weighted by Gasteiger charge is 2.20. The molecule has 0 fully saturated rings. The summed E-state index contributed by atoms with van der Waals surface area (Å²) in [5.41, 5.74) is 5.43. The fraction of sp³-hybridized carbons (Fsp3) is 0.278. The number of rotatable bonds is 9. The number of thiophene rings is 1. The van der Waals surface area contributed by atoms with Gasteiger partial charge in [-0.05, 0) is 30.5 Å². The number of amides is 2. The number of esters is 1. The number of hydrogen-bond donors (Lipinski definition) is 2. The van der Waals surface area contributed by atoms with E-state index in [1.165, 1.54) is 20.1 Å². The molecule has 0 saturated heterocycles. The lowest BCUT2D eigenvalue weighted by Gasteiger charge is -2.14. The fourth-order valence-corrected chi connectivity index (χ4v) is 2.90. The molecule has 3 N–H and O–H groups in total. The van der Waals surface area contributed by atoms with Gasteiger partial charge in [-0.2, -0.15) is 0 Å². The van der Waals surface area contributed by atoms with Gasteiger partial charge in [0.1, 0.15) is 5.00 Å². The van der Waals surface area contributed by atoms with Crippen molar-refractivity contribution in [1.82, 2.24) is 0 Å². The van der Waals surface area contributed by atoms with Crippen LogP contribution in [0.2, 0.25) is 0 Å². The molecule has 2 rings (SSSR count). The van der Waals surface area contributed by atoms with Crippen molar-refractivity contribution >= 4 is 34.1 Å². The summed E-state index contributed by atoms with van der Waals surface area (Å²) < 4.78 is 15.7. The number of benzene rings is 1. The number of methoxy groups -OCH3 is 1. The Labute approximate surface area is 160 Å². The van der Waals surface area contributed by atoms with Gasteiger partial charge >= 0.3 is 5.97 Å². The molecule has 1 atom stereocenters. The average molecular weight is 392 g/mol. The van der Waals surface area contributed by atoms with Crippen molar-refractivity contribution in [3.63, 3.8) is 0 Å². The normalized spacial score (nSPS) is 11.3. The monoisotopic (exact) mass is 392 g/mol. The number of hydrogen-bond acceptors (Lipinski definition) is 7. The molecule has 0 saturated carbocycles. The van der Waals surface area contributed by atoms with Crippen molar-refractivity contribution in [1.29, 1.82) is 0 Å². The van der Waals surface area contributed by atoms with Crippen LogP contribution >= 0.6 is 11.3 Å². The van der Waals surface area contributed by atoms with Gasteiger partial charge in [0.05, 0.1) is 25.7 Å². The van der Waals surface area contributed by atoms with E-state index < -0.39 is 23.9 Å². The number of nitrogens with two attached hydrogens (primary N) is 1. The molecule has 9 heteroatoms. The first-order valence-electron chi connectivity index (χ1n) is 8.05. The zero-order chi connectivity index (χ0) is 19.8. The molecule has 2 amide bonds. The minimum Gasteiger partial charge on any atom is -0.493 e. The first kappa shape index (κ1) is 20.2. The van der Waals surface area contributed by atoms with Crippen LogP contribution in [-0.2, 0) is 14.3 Å². The summed E-state index contributed by atoms with van der Waals surface area (Å²) in [6.07, 6.45) is -1.08. The van der Waals surface area contributed by atoms with Gasteiger partial charge in [0.15, 0.2) is 17.6 Å². The summed E-state index contributed by atoms with van der Waals surface area (Å²) in [5, 5.41) is 4.47. The number of carbonyl (C=O) groups is 3. The molecule has 0 aliphatic heterocycles. The second-order valence-electron chi connectivity index (χ2n) is 5.40. The van der Waals surface area contributed by atoms with E-state index in [2.05, 4.69) is 5.32 Å². The first-order chi connectivity index (χ1) is 12.9. The molecule has 1 unspecified atom stereocenters. The Morgan fingerprint density at radius 3 is 2.56 bits per heavy atom. The maximum atomic E-state index is 12.1. The first-order valence-corrected chi connectivity index (χ1v) is 8.93. The van der Waals surface area contributed by atoms with Crippen LogP contribution in [0, 0.1) is 0 Å². The van der Waals surface area contributed by atoms with E-state index in [4.69, 9.17) is 19.9 Å². The summed E-state index contributed by atoms with van der Waals surface area (Å²) in [7, 11) is 1.52. The van der Waals surface area contributed by atoms with Gasteiger partial charge in [-0.1, -0.05) is 12.1 Å². The molecular formula is C18H20N2O6S. The van der Waals surface area contributed by atoms with Crippen LogP contribution < -0.4 is 20.5 Å². The summed E-state index contributed by atoms with van der Waals surface area (Å²) in [5.74, 6) is -0.729. The molecule has 0 aliphatic rings. The molecule has 0 spiro atoms. The number of carbonyl (C=O) groups excluding carboxylic acids is 3. The molecule has 8 nitrogen and oxygen atoms in total. The van der Waals surface area contributed by atoms with E-state index in [1.807, 2.05) is 0 Å². The van der Waals surface area contributed by atoms with E-state index in [-0.39, 0.29) is 18.6 Å². The van der Waals surface area contributed by atoms with Crippen molar-refractivity contribution in [2.24, 2.45) is 5.73 Å². The standard InChI is InChI=1S/C18H20N2O6S/c1-11(17(23)20-18-12(16(19)22)8-10-27-18)26-15(21)7-9-25-14-6-4-3-5-13(14)24-2/h3-6,8,10-11H,7,9H2,1-2H3,(H2,19,22)(H,20,23). The summed E-state index contributed by atoms with van der Waals surface area (Å²) in [6, 6.07) is 8.56. The van der Waals surface area contributed by atoms with Crippen LogP contribution in [0.4, 0.5) is 5.00 Å². The number of ether oxygens (including phenoxy) is 3. The summed E-state index contributed by atoms with van der Waals surface area (Å²) >= 11 is 1.15. The second kappa shape index (κ2) is 9.58. The van der Waals surface area contributed by atoms with Crippen LogP contribution in [0.1, 0.15) is 23.7 Å². The van der Waals surface area contributed by atoms with Gasteiger partial charge < -0.3 is 25.3 Å². The smallest absolute Gasteiger partial charge is 0.310 e. The SMILES string of the molecule is COc1ccccc1OCCC(=O)OC(C)C(=O)Nc1sccc1C(N)=O. The molecule has 0 radical (unpaired) electrons. The molecular weight excluding hydrogens is 372 g/mol. The molecule has 0 bridgehead atoms. The van der Waals surface area contributed by atoms with Gasteiger partial charge in [-0.15, -0.1) is 11.3 Å². The Morgan fingerprint density at radius 2 is 1.89 bits per heavy atom. The fourth-order valence-electron chi connectivity index (χ4n) is 2.11. The van der Waals surface area contributed by atoms with E-state index in [1.54, 1.807) is 29.6 Å². The zero-order valence-electron chi connectivity index (χ0n) is 14.9. The Balaban J connectivity index is 1.80. The van der Waals surface area contributed by atoms with Gasteiger partial charge in [0, 0.05) is 0 Å². The molecule has 2 aromatic rings. The molecule has 0 aliphatic carbocycles. The van der Waals surface area contributed by atoms with Crippen LogP contribution in [0.3, 0.4) is 0 Å². The Morgan fingerprint density at radius 1 is 1.19 bits per heavy atom. The number of nitrogens with one attached hydrogen (secondary N) is 1. The minimum atomic E-state index is -1.04. The lowest BCUT2D eigenvalue weighted by molar-refractivity contribution is -0.153. The third kappa shape index (κ3) is 5.71. The van der Waals surface area contributed by atoms with Crippen molar-refractivity contribution in [3.8, 4) is 11.5 Å². The summed E-state index contributed by atoms with van der Waals surface area (Å²) in [4.78, 5) is 35.3. The zero-order valence-corrected chi connectivity index (χ0v) is 15.7. The largest absolute Gasteiger partial charge is 0.493 e. The topological polar surface area (TPSA) is 117 Å².